The van der Waals surface area contributed by atoms with Gasteiger partial charge in [-0.2, -0.15) is 0 Å². The van der Waals surface area contributed by atoms with Crippen molar-refractivity contribution in [2.75, 3.05) is 6.61 Å². The molecule has 0 spiro atoms. The van der Waals surface area contributed by atoms with Gasteiger partial charge in [0.15, 0.2) is 0 Å². The Balaban J connectivity index is 1.76. The van der Waals surface area contributed by atoms with E-state index in [0.29, 0.717) is 12.0 Å². The van der Waals surface area contributed by atoms with Crippen LogP contribution in [-0.2, 0) is 6.54 Å². The number of fused-ring (bicyclic) bond motifs is 1. The van der Waals surface area contributed by atoms with Crippen LogP contribution in [-0.4, -0.2) is 6.61 Å². The number of benzene rings is 1. The number of hydrogen-bond acceptors (Lipinski definition) is 3. The summed E-state index contributed by atoms with van der Waals surface area (Å²) in [5.41, 5.74) is 1.27. The molecule has 0 amide bonds. The molecule has 2 heterocycles. The van der Waals surface area contributed by atoms with Gasteiger partial charge in [0.1, 0.15) is 5.75 Å². The number of para-hydroxylation sites is 1. The lowest BCUT2D eigenvalue weighted by Crippen LogP contribution is -2.33. The summed E-state index contributed by atoms with van der Waals surface area (Å²) < 4.78 is 6.94. The molecule has 3 rings (SSSR count). The maximum atomic E-state index is 5.78. The fourth-order valence-electron chi connectivity index (χ4n) is 2.46. The number of rotatable bonds is 3. The van der Waals surface area contributed by atoms with Gasteiger partial charge in [-0.3, -0.25) is 0 Å². The topological polar surface area (TPSA) is 21.3 Å². The third-order valence-electron chi connectivity index (χ3n) is 3.44. The smallest absolute Gasteiger partial charge is 0.124 e. The van der Waals surface area contributed by atoms with Crippen molar-refractivity contribution in [3.8, 4) is 5.75 Å². The molecule has 0 aliphatic carbocycles. The molecule has 2 atom stereocenters. The Hall–Kier alpha value is -0.840. The highest BCUT2D eigenvalue weighted by Crippen LogP contribution is 2.35. The van der Waals surface area contributed by atoms with Crippen LogP contribution in [0, 0.1) is 5.92 Å². The molecule has 2 aromatic rings. The fourth-order valence-corrected chi connectivity index (χ4v) is 3.86. The van der Waals surface area contributed by atoms with E-state index < -0.39 is 0 Å². The Bertz CT molecular complexity index is 569. The SMILES string of the molecule is CC1COc2ccccc2C1NCc1cc(Br)cs1. The van der Waals surface area contributed by atoms with Crippen LogP contribution in [0.3, 0.4) is 0 Å². The first-order valence-corrected chi connectivity index (χ1v) is 8.09. The van der Waals surface area contributed by atoms with Crippen LogP contribution in [0.25, 0.3) is 0 Å². The van der Waals surface area contributed by atoms with Gasteiger partial charge < -0.3 is 10.1 Å². The van der Waals surface area contributed by atoms with Crippen LogP contribution in [0.15, 0.2) is 40.2 Å². The third kappa shape index (κ3) is 2.86. The van der Waals surface area contributed by atoms with E-state index in [2.05, 4.69) is 57.8 Å². The molecule has 1 N–H and O–H groups in total. The predicted octanol–water partition coefficient (Wildman–Crippen LogP) is 4.37. The first-order valence-electron chi connectivity index (χ1n) is 6.42. The lowest BCUT2D eigenvalue weighted by Gasteiger charge is -2.32. The van der Waals surface area contributed by atoms with Crippen LogP contribution in [0.1, 0.15) is 23.4 Å². The minimum absolute atomic E-state index is 0.367. The van der Waals surface area contributed by atoms with Crippen molar-refractivity contribution in [2.24, 2.45) is 5.92 Å². The molecule has 19 heavy (non-hydrogen) atoms. The van der Waals surface area contributed by atoms with E-state index in [4.69, 9.17) is 4.74 Å². The maximum absolute atomic E-state index is 5.78. The Morgan fingerprint density at radius 3 is 3.05 bits per heavy atom. The monoisotopic (exact) mass is 337 g/mol. The molecule has 4 heteroatoms. The molecule has 2 nitrogen and oxygen atoms in total. The maximum Gasteiger partial charge on any atom is 0.124 e. The second-order valence-electron chi connectivity index (χ2n) is 4.92. The Labute approximate surface area is 125 Å². The van der Waals surface area contributed by atoms with Crippen molar-refractivity contribution in [1.29, 1.82) is 0 Å². The molecule has 1 aliphatic heterocycles. The summed E-state index contributed by atoms with van der Waals surface area (Å²) in [4.78, 5) is 1.35. The largest absolute Gasteiger partial charge is 0.493 e. The Morgan fingerprint density at radius 2 is 2.26 bits per heavy atom. The van der Waals surface area contributed by atoms with Gasteiger partial charge in [0.2, 0.25) is 0 Å². The number of nitrogens with one attached hydrogen (secondary N) is 1. The minimum Gasteiger partial charge on any atom is -0.493 e. The van der Waals surface area contributed by atoms with Gasteiger partial charge in [-0.15, -0.1) is 11.3 Å². The molecule has 0 saturated heterocycles. The summed E-state index contributed by atoms with van der Waals surface area (Å²) in [6.45, 7) is 3.92. The zero-order valence-electron chi connectivity index (χ0n) is 10.7. The van der Waals surface area contributed by atoms with Gasteiger partial charge in [-0.25, -0.2) is 0 Å². The molecule has 2 unspecified atom stereocenters. The van der Waals surface area contributed by atoms with E-state index in [9.17, 15) is 0 Å². The van der Waals surface area contributed by atoms with E-state index >= 15 is 0 Å². The number of hydrogen-bond donors (Lipinski definition) is 1. The van der Waals surface area contributed by atoms with E-state index in [0.717, 1.165) is 23.4 Å². The number of halogens is 1. The zero-order valence-corrected chi connectivity index (χ0v) is 13.1. The van der Waals surface area contributed by atoms with Crippen molar-refractivity contribution < 1.29 is 4.74 Å². The average Bonchev–Trinajstić information content (AvgIpc) is 2.83. The number of ether oxygens (including phenoxy) is 1. The lowest BCUT2D eigenvalue weighted by molar-refractivity contribution is 0.188. The molecule has 1 aromatic carbocycles. The lowest BCUT2D eigenvalue weighted by atomic mass is 9.92. The summed E-state index contributed by atoms with van der Waals surface area (Å²) in [5, 5.41) is 5.79. The van der Waals surface area contributed by atoms with Gasteiger partial charge in [0.25, 0.3) is 0 Å². The summed E-state index contributed by atoms with van der Waals surface area (Å²) >= 11 is 5.28. The van der Waals surface area contributed by atoms with Crippen molar-refractivity contribution in [3.05, 3.63) is 50.6 Å². The molecule has 0 saturated carbocycles. The molecule has 0 radical (unpaired) electrons. The van der Waals surface area contributed by atoms with E-state index in [1.807, 2.05) is 6.07 Å². The first-order chi connectivity index (χ1) is 9.24. The molecule has 100 valence electrons. The van der Waals surface area contributed by atoms with E-state index in [1.54, 1.807) is 11.3 Å². The number of thiophene rings is 1. The van der Waals surface area contributed by atoms with E-state index in [1.165, 1.54) is 10.4 Å². The molecular formula is C15H16BrNOS. The van der Waals surface area contributed by atoms with Gasteiger partial charge in [0.05, 0.1) is 6.61 Å². The average molecular weight is 338 g/mol. The summed E-state index contributed by atoms with van der Waals surface area (Å²) in [7, 11) is 0. The van der Waals surface area contributed by atoms with Crippen LogP contribution in [0.4, 0.5) is 0 Å². The van der Waals surface area contributed by atoms with Crippen molar-refractivity contribution in [3.63, 3.8) is 0 Å². The molecule has 1 aromatic heterocycles. The summed E-state index contributed by atoms with van der Waals surface area (Å²) in [6, 6.07) is 10.9. The highest BCUT2D eigenvalue weighted by molar-refractivity contribution is 9.10. The van der Waals surface area contributed by atoms with Crippen molar-refractivity contribution in [1.82, 2.24) is 5.32 Å². The normalized spacial score (nSPS) is 21.8. The molecule has 1 aliphatic rings. The highest BCUT2D eigenvalue weighted by atomic mass is 79.9. The quantitative estimate of drug-likeness (QED) is 0.897. The van der Waals surface area contributed by atoms with Gasteiger partial charge in [-0.1, -0.05) is 25.1 Å². The predicted molar refractivity (Wildman–Crippen MR) is 82.7 cm³/mol. The Kier molecular flexibility index (Phi) is 3.91. The molecule has 0 fully saturated rings. The standard InChI is InChI=1S/C15H16BrNOS/c1-10-8-18-14-5-3-2-4-13(14)15(10)17-7-12-6-11(16)9-19-12/h2-6,9-10,15,17H,7-8H2,1H3. The minimum atomic E-state index is 0.367. The van der Waals surface area contributed by atoms with E-state index in [-0.39, 0.29) is 0 Å². The van der Waals surface area contributed by atoms with Gasteiger partial charge in [0, 0.05) is 38.8 Å². The second-order valence-corrected chi connectivity index (χ2v) is 6.83. The molecule has 0 bridgehead atoms. The van der Waals surface area contributed by atoms with Crippen molar-refractivity contribution in [2.45, 2.75) is 19.5 Å². The summed E-state index contributed by atoms with van der Waals surface area (Å²) in [5.74, 6) is 1.50. The highest BCUT2D eigenvalue weighted by Gasteiger charge is 2.27. The Morgan fingerprint density at radius 1 is 1.42 bits per heavy atom. The summed E-state index contributed by atoms with van der Waals surface area (Å²) in [6.07, 6.45) is 0. The zero-order chi connectivity index (χ0) is 13.2. The second kappa shape index (κ2) is 5.65. The third-order valence-corrected chi connectivity index (χ3v) is 5.14. The van der Waals surface area contributed by atoms with Crippen molar-refractivity contribution >= 4 is 27.3 Å². The van der Waals surface area contributed by atoms with Gasteiger partial charge in [-0.05, 0) is 28.1 Å². The van der Waals surface area contributed by atoms with Crippen LogP contribution < -0.4 is 10.1 Å². The van der Waals surface area contributed by atoms with Crippen LogP contribution in [0.2, 0.25) is 0 Å². The molecular weight excluding hydrogens is 322 g/mol. The first kappa shape index (κ1) is 13.2. The fraction of sp³-hybridized carbons (Fsp3) is 0.333. The van der Waals surface area contributed by atoms with Gasteiger partial charge >= 0.3 is 0 Å². The van der Waals surface area contributed by atoms with Crippen LogP contribution >= 0.6 is 27.3 Å². The van der Waals surface area contributed by atoms with Crippen LogP contribution in [0.5, 0.6) is 5.75 Å².